The number of hydrogen-bond donors (Lipinski definition) is 3. The lowest BCUT2D eigenvalue weighted by atomic mass is 9.73. The number of benzene rings is 2. The highest BCUT2D eigenvalue weighted by molar-refractivity contribution is 5.99. The van der Waals surface area contributed by atoms with Crippen molar-refractivity contribution in [2.24, 2.45) is 33.9 Å². The number of hydrogen-bond acceptors (Lipinski definition) is 14. The molecule has 0 bridgehead atoms. The molecule has 62 heavy (non-hydrogen) atoms. The molecule has 3 N–H and O–H groups in total. The molecule has 2 aliphatic rings. The predicted molar refractivity (Wildman–Crippen MR) is 233 cm³/mol. The van der Waals surface area contributed by atoms with Gasteiger partial charge in [0.2, 0.25) is 0 Å². The Morgan fingerprint density at radius 3 is 2.18 bits per heavy atom. The van der Waals surface area contributed by atoms with Gasteiger partial charge in [-0.3, -0.25) is 9.59 Å². The van der Waals surface area contributed by atoms with E-state index in [9.17, 15) is 29.3 Å². The standard InChI is InChI=1S/C47H70FN3O11/c1-14-37-47(9,56)42(54)28(4)39(50-49-31(7)33-17-21-35(57-12)22-18-33)26(2)25-46(8,58-13)43(62-45-40(53)36(51(10)11)23-27(3)59-45)29(5)41(30(6)44(55)60-37)61-38(52)24-32-15-19-34(48)20-16-32/h15-22,26-30,36-37,40-43,45,53-54,56H,14,23-25H2,1-13H3/b49-31+,50-39+/t26-,27?,28+,29+,30-,36?,37-,40?,41+,42-,43-,45?,46-,47-/m1/s1. The van der Waals surface area contributed by atoms with Crippen LogP contribution in [0.1, 0.15) is 92.7 Å². The third kappa shape index (κ3) is 12.0. The zero-order valence-corrected chi connectivity index (χ0v) is 38.7. The monoisotopic (exact) mass is 871 g/mol. The molecule has 4 unspecified atom stereocenters. The quantitative estimate of drug-likeness (QED) is 0.142. The molecule has 2 aliphatic heterocycles. The van der Waals surface area contributed by atoms with Crippen LogP contribution in [0, 0.1) is 29.5 Å². The van der Waals surface area contributed by atoms with Crippen molar-refractivity contribution in [3.63, 3.8) is 0 Å². The number of halogens is 1. The molecule has 0 saturated carbocycles. The summed E-state index contributed by atoms with van der Waals surface area (Å²) in [5, 5.41) is 45.3. The predicted octanol–water partition coefficient (Wildman–Crippen LogP) is 5.75. The fourth-order valence-electron chi connectivity index (χ4n) is 8.97. The third-order valence-corrected chi connectivity index (χ3v) is 12.9. The Kier molecular flexibility index (Phi) is 17.8. The third-order valence-electron chi connectivity index (χ3n) is 12.9. The van der Waals surface area contributed by atoms with Crippen molar-refractivity contribution < 1.29 is 57.7 Å². The van der Waals surface area contributed by atoms with E-state index in [1.54, 1.807) is 34.8 Å². The number of methoxy groups -OCH3 is 2. The Balaban J connectivity index is 1.92. The molecule has 2 saturated heterocycles. The number of carbonyl (C=O) groups is 2. The van der Waals surface area contributed by atoms with Gasteiger partial charge in [-0.25, -0.2) is 4.39 Å². The molecule has 0 aromatic heterocycles. The van der Waals surface area contributed by atoms with E-state index in [0.29, 0.717) is 29.2 Å². The largest absolute Gasteiger partial charge is 0.497 e. The van der Waals surface area contributed by atoms with Gasteiger partial charge >= 0.3 is 11.9 Å². The van der Waals surface area contributed by atoms with Crippen LogP contribution >= 0.6 is 0 Å². The van der Waals surface area contributed by atoms with Crippen LogP contribution < -0.4 is 4.74 Å². The molecule has 2 aromatic carbocycles. The van der Waals surface area contributed by atoms with E-state index < -0.39 is 89.4 Å². The average molecular weight is 872 g/mol. The maximum absolute atomic E-state index is 14.3. The number of cyclic esters (lactones) is 1. The van der Waals surface area contributed by atoms with E-state index in [2.05, 4.69) is 5.10 Å². The molecule has 346 valence electrons. The summed E-state index contributed by atoms with van der Waals surface area (Å²) in [7, 11) is 6.84. The van der Waals surface area contributed by atoms with E-state index >= 15 is 0 Å². The molecule has 2 heterocycles. The van der Waals surface area contributed by atoms with Gasteiger partial charge in [-0.15, -0.1) is 0 Å². The van der Waals surface area contributed by atoms with Gasteiger partial charge in [0.05, 0.1) is 49.1 Å². The number of aliphatic hydroxyl groups is 3. The number of ether oxygens (including phenoxy) is 6. The van der Waals surface area contributed by atoms with Crippen molar-refractivity contribution in [3.8, 4) is 5.75 Å². The van der Waals surface area contributed by atoms with E-state index in [1.807, 2.05) is 71.0 Å². The van der Waals surface area contributed by atoms with Gasteiger partial charge in [0.1, 0.15) is 35.5 Å². The number of aliphatic hydroxyl groups excluding tert-OH is 2. The minimum absolute atomic E-state index is 0.131. The van der Waals surface area contributed by atoms with Crippen molar-refractivity contribution in [1.82, 2.24) is 4.90 Å². The van der Waals surface area contributed by atoms with Gasteiger partial charge in [-0.05, 0) is 121 Å². The molecule has 15 heteroatoms. The SMILES string of the molecule is CC[C@H]1OC(=O)[C@H](C)[C@@H](OC(=O)Cc2ccc(F)cc2)[C@H](C)[C@@H](OC2OC(C)CC(N(C)C)C2O)[C@](C)(OC)C[C@@H](C)/C(=N\N=C(/C)c2ccc(OC)cc2)[C@H](C)[C@@H](O)[C@]1(C)O. The summed E-state index contributed by atoms with van der Waals surface area (Å²) in [6.45, 7) is 15.7. The smallest absolute Gasteiger partial charge is 0.312 e. The van der Waals surface area contributed by atoms with Gasteiger partial charge in [0, 0.05) is 30.7 Å². The number of rotatable bonds is 11. The lowest BCUT2D eigenvalue weighted by Crippen LogP contribution is -2.60. The van der Waals surface area contributed by atoms with Crippen LogP contribution in [0.5, 0.6) is 5.75 Å². The minimum atomic E-state index is -1.98. The number of carbonyl (C=O) groups excluding carboxylic acids is 2. The second-order valence-electron chi connectivity index (χ2n) is 17.9. The van der Waals surface area contributed by atoms with Gasteiger partial charge in [-0.1, -0.05) is 39.8 Å². The molecule has 2 aromatic rings. The Bertz CT molecular complexity index is 1840. The molecule has 0 aliphatic carbocycles. The Labute approximate surface area is 366 Å². The summed E-state index contributed by atoms with van der Waals surface area (Å²) < 4.78 is 51.0. The summed E-state index contributed by atoms with van der Waals surface area (Å²) in [6, 6.07) is 12.5. The van der Waals surface area contributed by atoms with Crippen molar-refractivity contribution in [2.75, 3.05) is 28.3 Å². The summed E-state index contributed by atoms with van der Waals surface area (Å²) in [6.07, 6.45) is -6.92. The van der Waals surface area contributed by atoms with E-state index in [0.717, 1.165) is 5.56 Å². The van der Waals surface area contributed by atoms with Crippen LogP contribution in [0.3, 0.4) is 0 Å². The summed E-state index contributed by atoms with van der Waals surface area (Å²) in [4.78, 5) is 30.1. The molecule has 14 nitrogen and oxygen atoms in total. The van der Waals surface area contributed by atoms with Crippen LogP contribution in [-0.4, -0.2) is 132 Å². The zero-order chi connectivity index (χ0) is 46.3. The van der Waals surface area contributed by atoms with E-state index in [1.165, 1.54) is 38.3 Å². The average Bonchev–Trinajstić information content (AvgIpc) is 3.23. The first-order valence-corrected chi connectivity index (χ1v) is 21.6. The summed E-state index contributed by atoms with van der Waals surface area (Å²) >= 11 is 0. The summed E-state index contributed by atoms with van der Waals surface area (Å²) in [5.41, 5.74) is -0.987. The lowest BCUT2D eigenvalue weighted by molar-refractivity contribution is -0.301. The fourth-order valence-corrected chi connectivity index (χ4v) is 8.97. The molecule has 0 amide bonds. The number of esters is 2. The zero-order valence-electron chi connectivity index (χ0n) is 38.7. The topological polar surface area (TPSA) is 178 Å². The van der Waals surface area contributed by atoms with Gasteiger partial charge in [0.15, 0.2) is 6.29 Å². The van der Waals surface area contributed by atoms with Crippen LogP contribution in [0.15, 0.2) is 58.7 Å². The van der Waals surface area contributed by atoms with Crippen molar-refractivity contribution >= 4 is 23.4 Å². The van der Waals surface area contributed by atoms with Crippen LogP contribution in [0.4, 0.5) is 4.39 Å². The van der Waals surface area contributed by atoms with Gasteiger partial charge < -0.3 is 48.6 Å². The Morgan fingerprint density at radius 1 is 0.984 bits per heavy atom. The van der Waals surface area contributed by atoms with E-state index in [-0.39, 0.29) is 31.4 Å². The molecule has 4 rings (SSSR count). The highest BCUT2D eigenvalue weighted by Gasteiger charge is 2.52. The first-order valence-electron chi connectivity index (χ1n) is 21.6. The van der Waals surface area contributed by atoms with Crippen LogP contribution in [0.2, 0.25) is 0 Å². The van der Waals surface area contributed by atoms with Gasteiger partial charge in [0.25, 0.3) is 0 Å². The molecule has 14 atom stereocenters. The molecule has 0 radical (unpaired) electrons. The maximum atomic E-state index is 14.3. The van der Waals surface area contributed by atoms with Crippen molar-refractivity contribution in [1.29, 1.82) is 0 Å². The van der Waals surface area contributed by atoms with Crippen molar-refractivity contribution in [3.05, 3.63) is 65.5 Å². The lowest BCUT2D eigenvalue weighted by Gasteiger charge is -2.48. The number of nitrogens with zero attached hydrogens (tertiary/aromatic N) is 3. The van der Waals surface area contributed by atoms with E-state index in [4.69, 9.17) is 33.5 Å². The van der Waals surface area contributed by atoms with Crippen molar-refractivity contribution in [2.45, 2.75) is 148 Å². The normalized spacial score (nSPS) is 36.2. The second kappa shape index (κ2) is 21.7. The molecule has 0 spiro atoms. The fraction of sp³-hybridized carbons (Fsp3) is 0.660. The maximum Gasteiger partial charge on any atom is 0.312 e. The second-order valence-corrected chi connectivity index (χ2v) is 17.9. The molecular formula is C47H70FN3O11. The first kappa shape index (κ1) is 50.8. The van der Waals surface area contributed by atoms with Gasteiger partial charge in [-0.2, -0.15) is 10.2 Å². The van der Waals surface area contributed by atoms with Crippen LogP contribution in [-0.2, 0) is 39.7 Å². The van der Waals surface area contributed by atoms with Crippen LogP contribution in [0.25, 0.3) is 0 Å². The highest BCUT2D eigenvalue weighted by Crippen LogP contribution is 2.40. The number of likely N-dealkylation sites (N-methyl/N-ethyl adjacent to an activating group) is 1. The highest BCUT2D eigenvalue weighted by atomic mass is 19.1. The Morgan fingerprint density at radius 2 is 1.61 bits per heavy atom. The molecular weight excluding hydrogens is 802 g/mol. The minimum Gasteiger partial charge on any atom is -0.497 e. The Hall–Kier alpha value is -3.83. The summed E-state index contributed by atoms with van der Waals surface area (Å²) in [5.74, 6) is -4.61. The molecule has 2 fully saturated rings. The first-order chi connectivity index (χ1) is 29.1.